The van der Waals surface area contributed by atoms with Gasteiger partial charge in [-0.25, -0.2) is 4.98 Å². The highest BCUT2D eigenvalue weighted by Gasteiger charge is 2.13. The Labute approximate surface area is 145 Å². The number of amides is 2. The van der Waals surface area contributed by atoms with Crippen LogP contribution in [-0.4, -0.2) is 23.9 Å². The van der Waals surface area contributed by atoms with Gasteiger partial charge in [0.2, 0.25) is 5.91 Å². The zero-order valence-electron chi connectivity index (χ0n) is 14.0. The van der Waals surface area contributed by atoms with Gasteiger partial charge in [-0.3, -0.25) is 9.59 Å². The van der Waals surface area contributed by atoms with E-state index < -0.39 is 0 Å². The molecule has 2 aromatic rings. The number of rotatable bonds is 7. The molecule has 0 aliphatic rings. The maximum Gasteiger partial charge on any atom is 0.271 e. The van der Waals surface area contributed by atoms with E-state index in [9.17, 15) is 9.59 Å². The standard InChI is InChI=1S/C17H21N3O3S/c1-11(2)8-15(21)20-17-19-13(10-24-17)16(22)18-9-12-6-4-5-7-14(12)23-3/h4-7,10-11H,8-9H2,1-3H3,(H,18,22)(H,19,20,21). The van der Waals surface area contributed by atoms with Crippen molar-refractivity contribution < 1.29 is 14.3 Å². The average molecular weight is 347 g/mol. The molecule has 0 saturated heterocycles. The summed E-state index contributed by atoms with van der Waals surface area (Å²) in [4.78, 5) is 28.1. The highest BCUT2D eigenvalue weighted by molar-refractivity contribution is 7.14. The second kappa shape index (κ2) is 8.44. The van der Waals surface area contributed by atoms with Crippen LogP contribution in [0.15, 0.2) is 29.6 Å². The lowest BCUT2D eigenvalue weighted by Crippen LogP contribution is -2.23. The Morgan fingerprint density at radius 2 is 2.04 bits per heavy atom. The fourth-order valence-corrected chi connectivity index (χ4v) is 2.80. The summed E-state index contributed by atoms with van der Waals surface area (Å²) in [7, 11) is 1.59. The third kappa shape index (κ3) is 5.06. The van der Waals surface area contributed by atoms with Gasteiger partial charge < -0.3 is 15.4 Å². The number of carbonyl (C=O) groups is 2. The van der Waals surface area contributed by atoms with Crippen molar-refractivity contribution in [3.63, 3.8) is 0 Å². The number of nitrogens with one attached hydrogen (secondary N) is 2. The van der Waals surface area contributed by atoms with Crippen molar-refractivity contribution in [3.8, 4) is 5.75 Å². The zero-order chi connectivity index (χ0) is 17.5. The normalized spacial score (nSPS) is 10.5. The molecule has 0 spiro atoms. The fraction of sp³-hybridized carbons (Fsp3) is 0.353. The first-order valence-electron chi connectivity index (χ1n) is 7.65. The van der Waals surface area contributed by atoms with Crippen LogP contribution in [-0.2, 0) is 11.3 Å². The number of hydrogen-bond acceptors (Lipinski definition) is 5. The van der Waals surface area contributed by atoms with Crippen molar-refractivity contribution in [3.05, 3.63) is 40.9 Å². The lowest BCUT2D eigenvalue weighted by atomic mass is 10.1. The SMILES string of the molecule is COc1ccccc1CNC(=O)c1csc(NC(=O)CC(C)C)n1. The van der Waals surface area contributed by atoms with Gasteiger partial charge in [0.15, 0.2) is 5.13 Å². The summed E-state index contributed by atoms with van der Waals surface area (Å²) < 4.78 is 5.25. The van der Waals surface area contributed by atoms with Gasteiger partial charge in [0.25, 0.3) is 5.91 Å². The number of para-hydroxylation sites is 1. The van der Waals surface area contributed by atoms with E-state index >= 15 is 0 Å². The first kappa shape index (κ1) is 17.9. The Kier molecular flexibility index (Phi) is 6.31. The van der Waals surface area contributed by atoms with Gasteiger partial charge in [0, 0.05) is 23.9 Å². The molecular formula is C17H21N3O3S. The number of anilines is 1. The van der Waals surface area contributed by atoms with Crippen LogP contribution in [0.4, 0.5) is 5.13 Å². The number of ether oxygens (including phenoxy) is 1. The molecule has 128 valence electrons. The third-order valence-electron chi connectivity index (χ3n) is 3.21. The zero-order valence-corrected chi connectivity index (χ0v) is 14.8. The van der Waals surface area contributed by atoms with Crippen molar-refractivity contribution in [1.82, 2.24) is 10.3 Å². The summed E-state index contributed by atoms with van der Waals surface area (Å²) in [6.45, 7) is 4.28. The second-order valence-corrected chi connectivity index (χ2v) is 6.54. The lowest BCUT2D eigenvalue weighted by Gasteiger charge is -2.08. The summed E-state index contributed by atoms with van der Waals surface area (Å²) >= 11 is 1.23. The Hall–Kier alpha value is -2.41. The number of hydrogen-bond donors (Lipinski definition) is 2. The molecule has 1 aromatic heterocycles. The molecule has 2 rings (SSSR count). The van der Waals surface area contributed by atoms with E-state index in [1.807, 2.05) is 38.1 Å². The van der Waals surface area contributed by atoms with E-state index in [2.05, 4.69) is 15.6 Å². The molecule has 2 N–H and O–H groups in total. The minimum absolute atomic E-state index is 0.0969. The van der Waals surface area contributed by atoms with Crippen LogP contribution in [0.2, 0.25) is 0 Å². The molecule has 6 nitrogen and oxygen atoms in total. The van der Waals surface area contributed by atoms with E-state index in [1.54, 1.807) is 12.5 Å². The predicted molar refractivity (Wildman–Crippen MR) is 94.4 cm³/mol. The number of carbonyl (C=O) groups excluding carboxylic acids is 2. The molecule has 0 aliphatic carbocycles. The van der Waals surface area contributed by atoms with E-state index in [0.717, 1.165) is 11.3 Å². The number of methoxy groups -OCH3 is 1. The first-order valence-corrected chi connectivity index (χ1v) is 8.53. The van der Waals surface area contributed by atoms with Crippen LogP contribution in [0.5, 0.6) is 5.75 Å². The fourth-order valence-electron chi connectivity index (χ4n) is 2.09. The van der Waals surface area contributed by atoms with Gasteiger partial charge in [-0.05, 0) is 12.0 Å². The molecule has 0 radical (unpaired) electrons. The van der Waals surface area contributed by atoms with Crippen LogP contribution in [0, 0.1) is 5.92 Å². The number of thiazole rings is 1. The second-order valence-electron chi connectivity index (χ2n) is 5.68. The molecular weight excluding hydrogens is 326 g/mol. The van der Waals surface area contributed by atoms with E-state index in [1.165, 1.54) is 11.3 Å². The van der Waals surface area contributed by atoms with E-state index in [0.29, 0.717) is 18.1 Å². The molecule has 7 heteroatoms. The van der Waals surface area contributed by atoms with E-state index in [-0.39, 0.29) is 23.4 Å². The van der Waals surface area contributed by atoms with Gasteiger partial charge >= 0.3 is 0 Å². The van der Waals surface area contributed by atoms with Gasteiger partial charge in [0.05, 0.1) is 7.11 Å². The summed E-state index contributed by atoms with van der Waals surface area (Å²) in [6, 6.07) is 7.48. The predicted octanol–water partition coefficient (Wildman–Crippen LogP) is 3.07. The van der Waals surface area contributed by atoms with Crippen LogP contribution < -0.4 is 15.4 Å². The van der Waals surface area contributed by atoms with Crippen LogP contribution in [0.25, 0.3) is 0 Å². The molecule has 0 saturated carbocycles. The molecule has 1 heterocycles. The minimum atomic E-state index is -0.290. The monoisotopic (exact) mass is 347 g/mol. The Balaban J connectivity index is 1.92. The third-order valence-corrected chi connectivity index (χ3v) is 3.97. The van der Waals surface area contributed by atoms with Gasteiger partial charge in [-0.2, -0.15) is 0 Å². The molecule has 0 bridgehead atoms. The quantitative estimate of drug-likeness (QED) is 0.807. The maximum absolute atomic E-state index is 12.2. The van der Waals surface area contributed by atoms with Crippen molar-refractivity contribution >= 4 is 28.3 Å². The van der Waals surface area contributed by atoms with Crippen LogP contribution >= 0.6 is 11.3 Å². The summed E-state index contributed by atoms with van der Waals surface area (Å²) in [5.74, 6) is 0.605. The molecule has 24 heavy (non-hydrogen) atoms. The van der Waals surface area contributed by atoms with Crippen molar-refractivity contribution in [2.45, 2.75) is 26.8 Å². The number of aromatic nitrogens is 1. The lowest BCUT2D eigenvalue weighted by molar-refractivity contribution is -0.116. The molecule has 0 aliphatic heterocycles. The van der Waals surface area contributed by atoms with Gasteiger partial charge in [-0.1, -0.05) is 32.0 Å². The van der Waals surface area contributed by atoms with Crippen molar-refractivity contribution in [1.29, 1.82) is 0 Å². The number of nitrogens with zero attached hydrogens (tertiary/aromatic N) is 1. The van der Waals surface area contributed by atoms with Gasteiger partial charge in [-0.15, -0.1) is 11.3 Å². The van der Waals surface area contributed by atoms with Gasteiger partial charge in [0.1, 0.15) is 11.4 Å². The molecule has 0 fully saturated rings. The summed E-state index contributed by atoms with van der Waals surface area (Å²) in [5, 5.41) is 7.57. The Morgan fingerprint density at radius 3 is 2.75 bits per heavy atom. The number of benzene rings is 1. The Morgan fingerprint density at radius 1 is 1.29 bits per heavy atom. The summed E-state index contributed by atoms with van der Waals surface area (Å²) in [5.41, 5.74) is 1.17. The highest BCUT2D eigenvalue weighted by Crippen LogP contribution is 2.18. The average Bonchev–Trinajstić information content (AvgIpc) is 3.00. The van der Waals surface area contributed by atoms with Crippen LogP contribution in [0.3, 0.4) is 0 Å². The molecule has 0 atom stereocenters. The van der Waals surface area contributed by atoms with E-state index in [4.69, 9.17) is 4.74 Å². The first-order chi connectivity index (χ1) is 11.5. The Bertz CT molecular complexity index is 713. The minimum Gasteiger partial charge on any atom is -0.496 e. The molecule has 2 amide bonds. The smallest absolute Gasteiger partial charge is 0.271 e. The molecule has 1 aromatic carbocycles. The largest absolute Gasteiger partial charge is 0.496 e. The van der Waals surface area contributed by atoms with Crippen LogP contribution in [0.1, 0.15) is 36.3 Å². The highest BCUT2D eigenvalue weighted by atomic mass is 32.1. The maximum atomic E-state index is 12.2. The summed E-state index contributed by atoms with van der Waals surface area (Å²) in [6.07, 6.45) is 0.426. The topological polar surface area (TPSA) is 80.3 Å². The molecule has 0 unspecified atom stereocenters. The van der Waals surface area contributed by atoms with Crippen molar-refractivity contribution in [2.24, 2.45) is 5.92 Å². The van der Waals surface area contributed by atoms with Crippen molar-refractivity contribution in [2.75, 3.05) is 12.4 Å².